The van der Waals surface area contributed by atoms with E-state index < -0.39 is 0 Å². The Balaban J connectivity index is 1.87. The molecular formula is C16H26N2. The smallest absolute Gasteiger partial charge is 0.0233 e. The molecule has 1 aliphatic carbocycles. The zero-order valence-electron chi connectivity index (χ0n) is 11.7. The first kappa shape index (κ1) is 13.6. The fraction of sp³-hybridized carbons (Fsp3) is 0.625. The number of hydrogen-bond donors (Lipinski definition) is 2. The minimum Gasteiger partial charge on any atom is -0.329 e. The lowest BCUT2D eigenvalue weighted by Crippen LogP contribution is -2.43. The summed E-state index contributed by atoms with van der Waals surface area (Å²) in [6.45, 7) is 5.44. The zero-order chi connectivity index (χ0) is 13.0. The Kier molecular flexibility index (Phi) is 4.41. The second kappa shape index (κ2) is 5.85. The molecule has 1 aromatic rings. The second-order valence-corrected chi connectivity index (χ2v) is 6.39. The summed E-state index contributed by atoms with van der Waals surface area (Å²) < 4.78 is 0. The Labute approximate surface area is 111 Å². The van der Waals surface area contributed by atoms with Crippen LogP contribution in [0.1, 0.15) is 38.7 Å². The lowest BCUT2D eigenvalue weighted by molar-refractivity contribution is 0.351. The zero-order valence-corrected chi connectivity index (χ0v) is 11.7. The molecule has 0 saturated heterocycles. The van der Waals surface area contributed by atoms with E-state index in [-0.39, 0.29) is 0 Å². The highest BCUT2D eigenvalue weighted by atomic mass is 15.0. The number of hydrogen-bond acceptors (Lipinski definition) is 2. The lowest BCUT2D eigenvalue weighted by atomic mass is 9.91. The topological polar surface area (TPSA) is 38.0 Å². The first-order valence-electron chi connectivity index (χ1n) is 7.09. The highest BCUT2D eigenvalue weighted by Gasteiger charge is 2.31. The van der Waals surface area contributed by atoms with Crippen LogP contribution in [0.25, 0.3) is 0 Å². The van der Waals surface area contributed by atoms with Gasteiger partial charge in [-0.05, 0) is 36.7 Å². The molecule has 1 aliphatic rings. The standard InChI is InChI=1S/C16H26N2/c1-16(2)9-8-14(11-16)18-15(12-17)10-13-6-4-3-5-7-13/h3-7,14-15,18H,8-12,17H2,1-2H3. The molecule has 0 radical (unpaired) electrons. The molecule has 1 saturated carbocycles. The molecule has 0 bridgehead atoms. The third-order valence-corrected chi connectivity index (χ3v) is 4.05. The highest BCUT2D eigenvalue weighted by Crippen LogP contribution is 2.37. The van der Waals surface area contributed by atoms with Gasteiger partial charge in [0.15, 0.2) is 0 Å². The molecule has 2 unspecified atom stereocenters. The lowest BCUT2D eigenvalue weighted by Gasteiger charge is -2.23. The van der Waals surface area contributed by atoms with Gasteiger partial charge in [0.25, 0.3) is 0 Å². The van der Waals surface area contributed by atoms with Crippen LogP contribution in [0, 0.1) is 5.41 Å². The minimum absolute atomic E-state index is 0.409. The Morgan fingerprint density at radius 1 is 1.33 bits per heavy atom. The average molecular weight is 246 g/mol. The minimum atomic E-state index is 0.409. The van der Waals surface area contributed by atoms with Gasteiger partial charge >= 0.3 is 0 Å². The summed E-state index contributed by atoms with van der Waals surface area (Å²) in [5.41, 5.74) is 7.78. The molecule has 100 valence electrons. The van der Waals surface area contributed by atoms with Gasteiger partial charge in [0.2, 0.25) is 0 Å². The SMILES string of the molecule is CC1(C)CCC(NC(CN)Cc2ccccc2)C1. The van der Waals surface area contributed by atoms with Crippen molar-refractivity contribution in [1.29, 1.82) is 0 Å². The molecule has 0 spiro atoms. The maximum absolute atomic E-state index is 5.90. The quantitative estimate of drug-likeness (QED) is 0.838. The Hall–Kier alpha value is -0.860. The normalized spacial score (nSPS) is 24.1. The van der Waals surface area contributed by atoms with E-state index in [1.807, 2.05) is 0 Å². The van der Waals surface area contributed by atoms with Crippen molar-refractivity contribution in [2.75, 3.05) is 6.54 Å². The Morgan fingerprint density at radius 3 is 2.61 bits per heavy atom. The predicted molar refractivity (Wildman–Crippen MR) is 77.5 cm³/mol. The summed E-state index contributed by atoms with van der Waals surface area (Å²) in [7, 11) is 0. The fourth-order valence-corrected chi connectivity index (χ4v) is 3.02. The first-order chi connectivity index (χ1) is 8.59. The third kappa shape index (κ3) is 3.82. The van der Waals surface area contributed by atoms with Crippen molar-refractivity contribution < 1.29 is 0 Å². The summed E-state index contributed by atoms with van der Waals surface area (Å²) in [5, 5.41) is 3.74. The Bertz CT molecular complexity index is 359. The van der Waals surface area contributed by atoms with Crippen molar-refractivity contribution in [3.05, 3.63) is 35.9 Å². The van der Waals surface area contributed by atoms with E-state index in [1.165, 1.54) is 24.8 Å². The average Bonchev–Trinajstić information content (AvgIpc) is 2.69. The second-order valence-electron chi connectivity index (χ2n) is 6.39. The highest BCUT2D eigenvalue weighted by molar-refractivity contribution is 5.16. The molecule has 2 rings (SSSR count). The maximum atomic E-state index is 5.90. The summed E-state index contributed by atoms with van der Waals surface area (Å²) in [6.07, 6.45) is 4.93. The van der Waals surface area contributed by atoms with E-state index in [9.17, 15) is 0 Å². The molecule has 18 heavy (non-hydrogen) atoms. The van der Waals surface area contributed by atoms with Crippen molar-refractivity contribution in [2.24, 2.45) is 11.1 Å². The molecule has 2 nitrogen and oxygen atoms in total. The van der Waals surface area contributed by atoms with Crippen molar-refractivity contribution in [1.82, 2.24) is 5.32 Å². The largest absolute Gasteiger partial charge is 0.329 e. The Morgan fingerprint density at radius 2 is 2.06 bits per heavy atom. The molecule has 1 fully saturated rings. The molecule has 2 heteroatoms. The van der Waals surface area contributed by atoms with Gasteiger partial charge in [-0.3, -0.25) is 0 Å². The summed E-state index contributed by atoms with van der Waals surface area (Å²) >= 11 is 0. The van der Waals surface area contributed by atoms with Crippen molar-refractivity contribution in [2.45, 2.75) is 51.6 Å². The van der Waals surface area contributed by atoms with Crippen LogP contribution in [0.3, 0.4) is 0 Å². The molecule has 0 heterocycles. The van der Waals surface area contributed by atoms with E-state index >= 15 is 0 Å². The molecule has 0 aliphatic heterocycles. The molecule has 1 aromatic carbocycles. The monoisotopic (exact) mass is 246 g/mol. The molecule has 0 amide bonds. The first-order valence-corrected chi connectivity index (χ1v) is 7.09. The van der Waals surface area contributed by atoms with Crippen molar-refractivity contribution >= 4 is 0 Å². The van der Waals surface area contributed by atoms with Crippen LogP contribution in [0.4, 0.5) is 0 Å². The van der Waals surface area contributed by atoms with E-state index in [1.54, 1.807) is 0 Å². The fourth-order valence-electron chi connectivity index (χ4n) is 3.02. The van der Waals surface area contributed by atoms with Crippen LogP contribution in [0.15, 0.2) is 30.3 Å². The van der Waals surface area contributed by atoms with Crippen molar-refractivity contribution in [3.8, 4) is 0 Å². The van der Waals surface area contributed by atoms with Crippen molar-refractivity contribution in [3.63, 3.8) is 0 Å². The van der Waals surface area contributed by atoms with Gasteiger partial charge in [0, 0.05) is 18.6 Å². The summed E-state index contributed by atoms with van der Waals surface area (Å²) in [6, 6.07) is 11.7. The molecule has 0 aromatic heterocycles. The summed E-state index contributed by atoms with van der Waals surface area (Å²) in [4.78, 5) is 0. The number of rotatable bonds is 5. The van der Waals surface area contributed by atoms with E-state index in [0.29, 0.717) is 24.0 Å². The number of nitrogens with two attached hydrogens (primary N) is 1. The van der Waals surface area contributed by atoms with Gasteiger partial charge in [-0.15, -0.1) is 0 Å². The van der Waals surface area contributed by atoms with E-state index in [0.717, 1.165) is 6.42 Å². The van der Waals surface area contributed by atoms with E-state index in [2.05, 4.69) is 49.5 Å². The maximum Gasteiger partial charge on any atom is 0.0233 e. The summed E-state index contributed by atoms with van der Waals surface area (Å²) in [5.74, 6) is 0. The van der Waals surface area contributed by atoms with Crippen LogP contribution in [-0.2, 0) is 6.42 Å². The van der Waals surface area contributed by atoms with Crippen LogP contribution in [0.2, 0.25) is 0 Å². The van der Waals surface area contributed by atoms with Gasteiger partial charge in [-0.2, -0.15) is 0 Å². The number of benzene rings is 1. The van der Waals surface area contributed by atoms with Gasteiger partial charge in [-0.25, -0.2) is 0 Å². The molecule has 2 atom stereocenters. The molecule has 3 N–H and O–H groups in total. The van der Waals surface area contributed by atoms with Gasteiger partial charge in [0.05, 0.1) is 0 Å². The van der Waals surface area contributed by atoms with Gasteiger partial charge in [0.1, 0.15) is 0 Å². The van der Waals surface area contributed by atoms with Crippen LogP contribution in [0.5, 0.6) is 0 Å². The van der Waals surface area contributed by atoms with E-state index in [4.69, 9.17) is 5.73 Å². The van der Waals surface area contributed by atoms with Gasteiger partial charge in [-0.1, -0.05) is 44.2 Å². The van der Waals surface area contributed by atoms with Crippen LogP contribution in [-0.4, -0.2) is 18.6 Å². The van der Waals surface area contributed by atoms with Crippen LogP contribution < -0.4 is 11.1 Å². The molecular weight excluding hydrogens is 220 g/mol. The third-order valence-electron chi connectivity index (χ3n) is 4.05. The predicted octanol–water partition coefficient (Wildman–Crippen LogP) is 2.72. The number of nitrogens with one attached hydrogen (secondary N) is 1. The van der Waals surface area contributed by atoms with Gasteiger partial charge < -0.3 is 11.1 Å². The van der Waals surface area contributed by atoms with Crippen LogP contribution >= 0.6 is 0 Å².